The molecule has 2 rings (SSSR count). The molecule has 0 heterocycles. The van der Waals surface area contributed by atoms with Crippen molar-refractivity contribution in [3.63, 3.8) is 0 Å². The topological polar surface area (TPSA) is 66.4 Å². The molecule has 1 aromatic carbocycles. The van der Waals surface area contributed by atoms with Gasteiger partial charge in [0.15, 0.2) is 0 Å². The maximum Gasteiger partial charge on any atom is 0.305 e. The molecule has 2 N–H and O–H groups in total. The van der Waals surface area contributed by atoms with Crippen LogP contribution in [0.1, 0.15) is 42.3 Å². The Labute approximate surface area is 99.6 Å². The Kier molecular flexibility index (Phi) is 3.42. The van der Waals surface area contributed by atoms with Crippen LogP contribution in [0.15, 0.2) is 24.3 Å². The van der Waals surface area contributed by atoms with E-state index in [9.17, 15) is 9.59 Å². The summed E-state index contributed by atoms with van der Waals surface area (Å²) >= 11 is 0. The molecule has 1 amide bonds. The van der Waals surface area contributed by atoms with E-state index in [-0.39, 0.29) is 6.42 Å². The van der Waals surface area contributed by atoms with Crippen molar-refractivity contribution < 1.29 is 14.7 Å². The standard InChI is InChI=1S/C13H15NO3/c15-8-14-12(7-13(16)17)11-5-3-10(4-6-11)9-1-2-9/h3-6,8-9,12H,1-2,7H2,(H,14,15)(H,16,17). The molecular weight excluding hydrogens is 218 g/mol. The summed E-state index contributed by atoms with van der Waals surface area (Å²) in [4.78, 5) is 21.1. The van der Waals surface area contributed by atoms with E-state index in [1.165, 1.54) is 18.4 Å². The van der Waals surface area contributed by atoms with Crippen molar-refractivity contribution in [1.82, 2.24) is 5.32 Å². The second kappa shape index (κ2) is 4.99. The van der Waals surface area contributed by atoms with Crippen molar-refractivity contribution in [2.24, 2.45) is 0 Å². The predicted molar refractivity (Wildman–Crippen MR) is 62.6 cm³/mol. The lowest BCUT2D eigenvalue weighted by Crippen LogP contribution is -2.22. The number of carbonyl (C=O) groups is 2. The van der Waals surface area contributed by atoms with Crippen LogP contribution in [0.25, 0.3) is 0 Å². The fourth-order valence-corrected chi connectivity index (χ4v) is 1.95. The van der Waals surface area contributed by atoms with Crippen molar-refractivity contribution in [1.29, 1.82) is 0 Å². The molecule has 1 aliphatic rings. The second-order valence-corrected chi connectivity index (χ2v) is 4.38. The van der Waals surface area contributed by atoms with E-state index in [1.54, 1.807) is 0 Å². The van der Waals surface area contributed by atoms with Crippen LogP contribution in [0.4, 0.5) is 0 Å². The normalized spacial score (nSPS) is 16.2. The number of hydrogen-bond acceptors (Lipinski definition) is 2. The quantitative estimate of drug-likeness (QED) is 0.736. The molecule has 0 radical (unpaired) electrons. The zero-order valence-electron chi connectivity index (χ0n) is 9.43. The van der Waals surface area contributed by atoms with Crippen LogP contribution in [-0.2, 0) is 9.59 Å². The van der Waals surface area contributed by atoms with E-state index in [0.29, 0.717) is 12.3 Å². The third kappa shape index (κ3) is 3.06. The van der Waals surface area contributed by atoms with E-state index in [1.807, 2.05) is 24.3 Å². The van der Waals surface area contributed by atoms with Gasteiger partial charge in [0.05, 0.1) is 12.5 Å². The summed E-state index contributed by atoms with van der Waals surface area (Å²) in [7, 11) is 0. The second-order valence-electron chi connectivity index (χ2n) is 4.38. The molecule has 4 nitrogen and oxygen atoms in total. The number of benzene rings is 1. The summed E-state index contributed by atoms with van der Waals surface area (Å²) in [5.74, 6) is -0.239. The molecule has 1 unspecified atom stereocenters. The van der Waals surface area contributed by atoms with Gasteiger partial charge in [-0.05, 0) is 29.9 Å². The number of carbonyl (C=O) groups excluding carboxylic acids is 1. The lowest BCUT2D eigenvalue weighted by Gasteiger charge is -2.14. The first-order chi connectivity index (χ1) is 8.20. The van der Waals surface area contributed by atoms with E-state index in [0.717, 1.165) is 5.56 Å². The Bertz CT molecular complexity index is 409. The summed E-state index contributed by atoms with van der Waals surface area (Å²) in [5.41, 5.74) is 2.14. The molecule has 17 heavy (non-hydrogen) atoms. The van der Waals surface area contributed by atoms with Gasteiger partial charge in [-0.15, -0.1) is 0 Å². The van der Waals surface area contributed by atoms with Gasteiger partial charge in [0.2, 0.25) is 6.41 Å². The third-order valence-electron chi connectivity index (χ3n) is 3.04. The van der Waals surface area contributed by atoms with Crippen molar-refractivity contribution >= 4 is 12.4 Å². The number of aliphatic carboxylic acids is 1. The molecular formula is C13H15NO3. The highest BCUT2D eigenvalue weighted by atomic mass is 16.4. The molecule has 4 heteroatoms. The van der Waals surface area contributed by atoms with Gasteiger partial charge in [0, 0.05) is 0 Å². The summed E-state index contributed by atoms with van der Waals surface area (Å²) in [6, 6.07) is 7.40. The number of amides is 1. The summed E-state index contributed by atoms with van der Waals surface area (Å²) in [6.07, 6.45) is 2.93. The van der Waals surface area contributed by atoms with E-state index in [4.69, 9.17) is 5.11 Å². The lowest BCUT2D eigenvalue weighted by atomic mass is 10.0. The highest BCUT2D eigenvalue weighted by molar-refractivity contribution is 5.68. The number of hydrogen-bond donors (Lipinski definition) is 2. The van der Waals surface area contributed by atoms with Gasteiger partial charge in [-0.3, -0.25) is 9.59 Å². The summed E-state index contributed by atoms with van der Waals surface area (Å²) in [5, 5.41) is 11.3. The Morgan fingerprint density at radius 1 is 1.41 bits per heavy atom. The van der Waals surface area contributed by atoms with Crippen LogP contribution in [0, 0.1) is 0 Å². The first-order valence-corrected chi connectivity index (χ1v) is 5.72. The minimum absolute atomic E-state index is 0.0957. The Hall–Kier alpha value is -1.84. The van der Waals surface area contributed by atoms with Gasteiger partial charge in [-0.2, -0.15) is 0 Å². The van der Waals surface area contributed by atoms with E-state index >= 15 is 0 Å². The molecule has 1 aliphatic carbocycles. The monoisotopic (exact) mass is 233 g/mol. The van der Waals surface area contributed by atoms with E-state index in [2.05, 4.69) is 5.32 Å². The Morgan fingerprint density at radius 2 is 2.06 bits per heavy atom. The molecule has 0 bridgehead atoms. The predicted octanol–water partition coefficient (Wildman–Crippen LogP) is 1.83. The maximum atomic E-state index is 10.7. The van der Waals surface area contributed by atoms with Crippen LogP contribution in [0.5, 0.6) is 0 Å². The Morgan fingerprint density at radius 3 is 2.53 bits per heavy atom. The van der Waals surface area contributed by atoms with Gasteiger partial charge < -0.3 is 10.4 Å². The zero-order valence-corrected chi connectivity index (χ0v) is 9.43. The Balaban J connectivity index is 2.10. The highest BCUT2D eigenvalue weighted by Gasteiger charge is 2.23. The van der Waals surface area contributed by atoms with Crippen molar-refractivity contribution in [3.8, 4) is 0 Å². The summed E-state index contributed by atoms with van der Waals surface area (Å²) in [6.45, 7) is 0. The van der Waals surface area contributed by atoms with Gasteiger partial charge in [-0.1, -0.05) is 24.3 Å². The molecule has 0 spiro atoms. The molecule has 1 fully saturated rings. The van der Waals surface area contributed by atoms with Crippen LogP contribution in [0.3, 0.4) is 0 Å². The zero-order chi connectivity index (χ0) is 12.3. The average Bonchev–Trinajstić information content (AvgIpc) is 3.12. The minimum Gasteiger partial charge on any atom is -0.481 e. The van der Waals surface area contributed by atoms with Crippen LogP contribution in [0.2, 0.25) is 0 Å². The van der Waals surface area contributed by atoms with Gasteiger partial charge in [0.25, 0.3) is 0 Å². The molecule has 90 valence electrons. The van der Waals surface area contributed by atoms with Gasteiger partial charge in [-0.25, -0.2) is 0 Å². The lowest BCUT2D eigenvalue weighted by molar-refractivity contribution is -0.137. The first kappa shape index (κ1) is 11.6. The number of carboxylic acids is 1. The third-order valence-corrected chi connectivity index (χ3v) is 3.04. The molecule has 1 aromatic rings. The smallest absolute Gasteiger partial charge is 0.305 e. The van der Waals surface area contributed by atoms with Crippen LogP contribution in [-0.4, -0.2) is 17.5 Å². The SMILES string of the molecule is O=CNC(CC(=O)O)c1ccc(C2CC2)cc1. The molecule has 0 aromatic heterocycles. The molecule has 1 atom stereocenters. The van der Waals surface area contributed by atoms with Crippen LogP contribution >= 0.6 is 0 Å². The molecule has 0 aliphatic heterocycles. The maximum absolute atomic E-state index is 10.7. The molecule has 0 saturated heterocycles. The average molecular weight is 233 g/mol. The fraction of sp³-hybridized carbons (Fsp3) is 0.385. The van der Waals surface area contributed by atoms with E-state index < -0.39 is 12.0 Å². The fourth-order valence-electron chi connectivity index (χ4n) is 1.95. The first-order valence-electron chi connectivity index (χ1n) is 5.72. The number of carboxylic acid groups (broad SMARTS) is 1. The molecule has 1 saturated carbocycles. The minimum atomic E-state index is -0.921. The van der Waals surface area contributed by atoms with Crippen LogP contribution < -0.4 is 5.32 Å². The number of nitrogens with one attached hydrogen (secondary N) is 1. The van der Waals surface area contributed by atoms with Crippen molar-refractivity contribution in [2.45, 2.75) is 31.2 Å². The number of rotatable bonds is 6. The van der Waals surface area contributed by atoms with Crippen molar-refractivity contribution in [3.05, 3.63) is 35.4 Å². The van der Waals surface area contributed by atoms with Crippen molar-refractivity contribution in [2.75, 3.05) is 0 Å². The summed E-state index contributed by atoms with van der Waals surface area (Å²) < 4.78 is 0. The van der Waals surface area contributed by atoms with Gasteiger partial charge >= 0.3 is 5.97 Å². The highest BCUT2D eigenvalue weighted by Crippen LogP contribution is 2.40. The van der Waals surface area contributed by atoms with Gasteiger partial charge in [0.1, 0.15) is 0 Å². The largest absolute Gasteiger partial charge is 0.481 e.